The zero-order chi connectivity index (χ0) is 53.1. The molecule has 0 unspecified atom stereocenters. The Morgan fingerprint density at radius 2 is 0.639 bits per heavy atom. The second kappa shape index (κ2) is 22.4. The molecule has 0 aliphatic heterocycles. The number of unbranched alkanes of at least 4 members (excludes halogenated alkanes) is 7. The number of aromatic nitrogens is 1. The van der Waals surface area contributed by atoms with E-state index in [1.807, 2.05) is 0 Å². The molecule has 0 atom stereocenters. The molecule has 0 aliphatic carbocycles. The first-order valence-electron chi connectivity index (χ1n) is 21.8. The number of rotatable bonds is 15. The Kier molecular flexibility index (Phi) is 17.1. The van der Waals surface area contributed by atoms with Gasteiger partial charge in [-0.15, -0.1) is 21.9 Å². The lowest BCUT2D eigenvalue weighted by molar-refractivity contribution is -0.694. The highest BCUT2D eigenvalue weighted by Crippen LogP contribution is 2.31. The van der Waals surface area contributed by atoms with Gasteiger partial charge in [-0.05, 0) is 17.9 Å². The SMILES string of the molecule is CCCCCCCCCCc1c2ccccc2cc[n+]1Cc1ccccc1.Fc1c(F)c(F)c([B-](c2c(F)c(F)c(F)c(F)c2F)(c2c(F)c(F)c(F)c(F)c2F)c2c(F)c(F)c(F)c(F)c2F)c(F)c1F. The predicted molar refractivity (Wildman–Crippen MR) is 225 cm³/mol. The van der Waals surface area contributed by atoms with Crippen LogP contribution in [0.4, 0.5) is 87.8 Å². The molecule has 1 nitrogen and oxygen atoms in total. The molecule has 6 aromatic carbocycles. The lowest BCUT2D eigenvalue weighted by atomic mass is 9.12. The summed E-state index contributed by atoms with van der Waals surface area (Å²) in [4.78, 5) is 0. The van der Waals surface area contributed by atoms with Crippen LogP contribution in [0.25, 0.3) is 10.8 Å². The molecule has 0 bridgehead atoms. The zero-order valence-electron chi connectivity index (χ0n) is 37.0. The number of benzene rings is 6. The molecule has 0 spiro atoms. The Balaban J connectivity index is 0.000000266. The highest BCUT2D eigenvalue weighted by Gasteiger charge is 2.52. The molecule has 0 aliphatic rings. The third-order valence-corrected chi connectivity index (χ3v) is 12.2. The van der Waals surface area contributed by atoms with E-state index in [0.717, 1.165) is 6.54 Å². The standard InChI is InChI=1S/C26H34N.C24BF20/c1-2-3-4-5-6-7-8-12-19-26-25-18-14-13-17-24(25)20-21-27(26)22-23-15-10-9-11-16-23;26-5-1(6(27)14(35)21(42)13(5)34)25(2-7(28)15(36)22(43)16(37)8(2)29,3-9(30)17(38)23(44)18(39)10(3)31)4-11(32)19(40)24(45)20(41)12(4)33/h9-11,13-18,20-21H,2-8,12,19,22H2,1H3;/q+1;-1. The minimum Gasteiger partial charge on any atom is -0.207 e. The average molecular weight is 1040 g/mol. The Bertz CT molecular complexity index is 2780. The van der Waals surface area contributed by atoms with E-state index < -0.39 is 144 Å². The summed E-state index contributed by atoms with van der Waals surface area (Å²) in [5.74, 6) is -71.4. The largest absolute Gasteiger partial charge is 0.207 e. The van der Waals surface area contributed by atoms with Gasteiger partial charge in [0.15, 0.2) is 88.2 Å². The number of aryl methyl sites for hydroxylation is 1. The molecule has 7 rings (SSSR count). The van der Waals surface area contributed by atoms with Crippen molar-refractivity contribution in [2.45, 2.75) is 71.3 Å². The highest BCUT2D eigenvalue weighted by molar-refractivity contribution is 7.20. The lowest BCUT2D eigenvalue weighted by Gasteiger charge is -2.44. The average Bonchev–Trinajstić information content (AvgIpc) is 3.37. The van der Waals surface area contributed by atoms with Crippen molar-refractivity contribution >= 4 is 38.8 Å². The Morgan fingerprint density at radius 1 is 0.333 bits per heavy atom. The lowest BCUT2D eigenvalue weighted by Crippen LogP contribution is -2.81. The molecule has 1 aromatic heterocycles. The Labute approximate surface area is 396 Å². The number of nitrogens with zero attached hydrogens (tertiary/aromatic N) is 1. The molecule has 0 amide bonds. The van der Waals surface area contributed by atoms with Gasteiger partial charge in [-0.3, -0.25) is 0 Å². The maximum Gasteiger partial charge on any atom is 0.200 e. The van der Waals surface area contributed by atoms with E-state index in [-0.39, 0.29) is 0 Å². The molecule has 0 fully saturated rings. The van der Waals surface area contributed by atoms with Gasteiger partial charge in [0.05, 0.1) is 0 Å². The van der Waals surface area contributed by atoms with Crippen LogP contribution in [0.2, 0.25) is 0 Å². The van der Waals surface area contributed by atoms with Crippen molar-refractivity contribution in [3.8, 4) is 0 Å². The molecular weight excluding hydrogens is 1010 g/mol. The maximum absolute atomic E-state index is 15.4. The van der Waals surface area contributed by atoms with Crippen LogP contribution in [0.15, 0.2) is 66.9 Å². The number of halogens is 20. The summed E-state index contributed by atoms with van der Waals surface area (Å²) in [6, 6.07) is 21.9. The fraction of sp³-hybridized carbons (Fsp3) is 0.220. The molecular formula is C50H34BF20N. The minimum atomic E-state index is -7.22. The van der Waals surface area contributed by atoms with Crippen LogP contribution in [0, 0.1) is 116 Å². The summed E-state index contributed by atoms with van der Waals surface area (Å²) in [6.45, 7) is 3.24. The van der Waals surface area contributed by atoms with E-state index in [9.17, 15) is 52.7 Å². The second-order valence-corrected chi connectivity index (χ2v) is 16.5. The summed E-state index contributed by atoms with van der Waals surface area (Å²) in [6.07, 6.45) is 7.21. The van der Waals surface area contributed by atoms with Crippen molar-refractivity contribution < 1.29 is 92.4 Å². The number of hydrogen-bond acceptors (Lipinski definition) is 0. The fourth-order valence-electron chi connectivity index (χ4n) is 8.83. The van der Waals surface area contributed by atoms with Crippen molar-refractivity contribution in [1.29, 1.82) is 0 Å². The number of pyridine rings is 1. The van der Waals surface area contributed by atoms with Crippen LogP contribution in [0.1, 0.15) is 69.5 Å². The topological polar surface area (TPSA) is 3.88 Å². The molecule has 22 heteroatoms. The smallest absolute Gasteiger partial charge is 0.200 e. The monoisotopic (exact) mass is 1040 g/mol. The first-order chi connectivity index (χ1) is 34.1. The summed E-state index contributed by atoms with van der Waals surface area (Å²) >= 11 is 0. The summed E-state index contributed by atoms with van der Waals surface area (Å²) in [5.41, 5.74) is -11.5. The van der Waals surface area contributed by atoms with Crippen LogP contribution >= 0.6 is 0 Å². The molecule has 1 heterocycles. The molecule has 0 saturated heterocycles. The molecule has 7 aromatic rings. The van der Waals surface area contributed by atoms with Gasteiger partial charge in [0.25, 0.3) is 0 Å². The molecule has 0 radical (unpaired) electrons. The molecule has 382 valence electrons. The summed E-state index contributed by atoms with van der Waals surface area (Å²) in [7, 11) is 0. The first kappa shape index (κ1) is 54.7. The van der Waals surface area contributed by atoms with Gasteiger partial charge in [0, 0.05) is 23.4 Å². The van der Waals surface area contributed by atoms with Gasteiger partial charge < -0.3 is 0 Å². The van der Waals surface area contributed by atoms with Crippen LogP contribution in [-0.2, 0) is 13.0 Å². The van der Waals surface area contributed by atoms with Gasteiger partial charge in [-0.2, -0.15) is 4.57 Å². The van der Waals surface area contributed by atoms with Crippen LogP contribution in [-0.4, -0.2) is 6.15 Å². The quantitative estimate of drug-likeness (QED) is 0.0241. The number of fused-ring (bicyclic) bond motifs is 1. The van der Waals surface area contributed by atoms with Crippen molar-refractivity contribution in [1.82, 2.24) is 0 Å². The Morgan fingerprint density at radius 3 is 1.00 bits per heavy atom. The van der Waals surface area contributed by atoms with Crippen molar-refractivity contribution in [2.24, 2.45) is 0 Å². The van der Waals surface area contributed by atoms with Gasteiger partial charge in [0.2, 0.25) is 0 Å². The third kappa shape index (κ3) is 9.71. The third-order valence-electron chi connectivity index (χ3n) is 12.2. The van der Waals surface area contributed by atoms with Crippen LogP contribution in [0.5, 0.6) is 0 Å². The van der Waals surface area contributed by atoms with Gasteiger partial charge in [0.1, 0.15) is 52.7 Å². The van der Waals surface area contributed by atoms with E-state index in [4.69, 9.17) is 0 Å². The molecule has 0 N–H and O–H groups in total. The van der Waals surface area contributed by atoms with Crippen LogP contribution < -0.4 is 26.4 Å². The minimum absolute atomic E-state index is 0.956. The van der Waals surface area contributed by atoms with E-state index >= 15 is 35.1 Å². The molecule has 72 heavy (non-hydrogen) atoms. The van der Waals surface area contributed by atoms with Crippen LogP contribution in [0.3, 0.4) is 0 Å². The predicted octanol–water partition coefficient (Wildman–Crippen LogP) is 12.7. The highest BCUT2D eigenvalue weighted by atomic mass is 19.2. The van der Waals surface area contributed by atoms with E-state index in [1.165, 1.54) is 79.8 Å². The van der Waals surface area contributed by atoms with Gasteiger partial charge in [-0.1, -0.05) is 100 Å². The van der Waals surface area contributed by atoms with E-state index in [0.29, 0.717) is 0 Å². The van der Waals surface area contributed by atoms with Crippen molar-refractivity contribution in [2.75, 3.05) is 0 Å². The van der Waals surface area contributed by atoms with Crippen molar-refractivity contribution in [3.05, 3.63) is 194 Å². The summed E-state index contributed by atoms with van der Waals surface area (Å²) < 4.78 is 296. The summed E-state index contributed by atoms with van der Waals surface area (Å²) in [5, 5.41) is 2.77. The fourth-order valence-corrected chi connectivity index (χ4v) is 8.83. The van der Waals surface area contributed by atoms with Crippen molar-refractivity contribution in [3.63, 3.8) is 0 Å². The maximum atomic E-state index is 15.4. The first-order valence-corrected chi connectivity index (χ1v) is 21.8. The second-order valence-electron chi connectivity index (χ2n) is 16.5. The molecule has 0 saturated carbocycles. The van der Waals surface area contributed by atoms with Gasteiger partial charge in [-0.25, -0.2) is 87.8 Å². The Hall–Kier alpha value is -6.61. The van der Waals surface area contributed by atoms with Gasteiger partial charge >= 0.3 is 0 Å². The zero-order valence-corrected chi connectivity index (χ0v) is 37.0. The normalized spacial score (nSPS) is 11.7. The van der Waals surface area contributed by atoms with E-state index in [2.05, 4.69) is 78.4 Å². The van der Waals surface area contributed by atoms with E-state index in [1.54, 1.807) is 0 Å². The number of hydrogen-bond donors (Lipinski definition) is 0.